The van der Waals surface area contributed by atoms with Gasteiger partial charge >= 0.3 is 0 Å². The van der Waals surface area contributed by atoms with Crippen LogP contribution in [0.15, 0.2) is 42.5 Å². The Morgan fingerprint density at radius 2 is 1.90 bits per heavy atom. The van der Waals surface area contributed by atoms with Gasteiger partial charge in [0, 0.05) is 23.1 Å². The van der Waals surface area contributed by atoms with Gasteiger partial charge in [-0.1, -0.05) is 41.4 Å². The maximum absolute atomic E-state index is 13.1. The summed E-state index contributed by atoms with van der Waals surface area (Å²) in [6.07, 6.45) is -1.36. The molecular weight excluding hydrogens is 447 g/mol. The van der Waals surface area contributed by atoms with E-state index in [1.54, 1.807) is 23.1 Å². The van der Waals surface area contributed by atoms with Crippen LogP contribution in [-0.4, -0.2) is 35.7 Å². The molecule has 1 saturated heterocycles. The minimum atomic E-state index is -2.75. The van der Waals surface area contributed by atoms with E-state index in [1.807, 2.05) is 6.07 Å². The molecule has 166 valence electrons. The molecule has 0 spiro atoms. The average molecular weight is 470 g/mol. The van der Waals surface area contributed by atoms with Crippen LogP contribution in [0.5, 0.6) is 0 Å². The van der Waals surface area contributed by atoms with Gasteiger partial charge in [0.15, 0.2) is 0 Å². The zero-order chi connectivity index (χ0) is 22.5. The molecular formula is C22H23Cl2F2N3O2. The molecule has 2 aromatic rings. The van der Waals surface area contributed by atoms with Crippen molar-refractivity contribution in [3.05, 3.63) is 69.2 Å². The third kappa shape index (κ3) is 5.93. The number of benzene rings is 2. The normalized spacial score (nSPS) is 17.1. The van der Waals surface area contributed by atoms with Crippen molar-refractivity contribution < 1.29 is 18.4 Å². The number of nitrogens with zero attached hydrogens (tertiary/aromatic N) is 1. The topological polar surface area (TPSA) is 75.4 Å². The molecule has 3 N–H and O–H groups in total. The fourth-order valence-corrected chi connectivity index (χ4v) is 4.16. The summed E-state index contributed by atoms with van der Waals surface area (Å²) in [5, 5.41) is 3.64. The Morgan fingerprint density at radius 1 is 1.16 bits per heavy atom. The van der Waals surface area contributed by atoms with Crippen molar-refractivity contribution in [1.29, 1.82) is 0 Å². The van der Waals surface area contributed by atoms with Gasteiger partial charge in [-0.15, -0.1) is 0 Å². The smallest absolute Gasteiger partial charge is 0.257 e. The number of alkyl halides is 2. The first-order chi connectivity index (χ1) is 14.8. The number of hydrogen-bond donors (Lipinski definition) is 2. The molecule has 5 nitrogen and oxygen atoms in total. The van der Waals surface area contributed by atoms with Crippen LogP contribution >= 0.6 is 23.2 Å². The van der Waals surface area contributed by atoms with Crippen molar-refractivity contribution in [1.82, 2.24) is 10.2 Å². The number of halogens is 4. The van der Waals surface area contributed by atoms with Gasteiger partial charge in [0.2, 0.25) is 11.8 Å². The largest absolute Gasteiger partial charge is 0.350 e. The molecule has 3 rings (SSSR count). The summed E-state index contributed by atoms with van der Waals surface area (Å²) in [7, 11) is 0. The fraction of sp³-hybridized carbons (Fsp3) is 0.364. The fourth-order valence-electron chi connectivity index (χ4n) is 3.75. The number of nitrogens with two attached hydrogens (primary N) is 1. The molecule has 31 heavy (non-hydrogen) atoms. The molecule has 0 aromatic heterocycles. The molecule has 9 heteroatoms. The summed E-state index contributed by atoms with van der Waals surface area (Å²) in [4.78, 5) is 27.1. The predicted octanol–water partition coefficient (Wildman–Crippen LogP) is 4.11. The van der Waals surface area contributed by atoms with Crippen LogP contribution in [0.4, 0.5) is 8.78 Å². The molecule has 2 aromatic carbocycles. The summed E-state index contributed by atoms with van der Waals surface area (Å²) in [6.45, 7) is 0.470. The molecule has 2 amide bonds. The summed E-state index contributed by atoms with van der Waals surface area (Å²) in [6, 6.07) is 9.37. The maximum Gasteiger partial charge on any atom is 0.257 e. The number of rotatable bonds is 7. The van der Waals surface area contributed by atoms with Crippen LogP contribution < -0.4 is 11.1 Å². The zero-order valence-corrected chi connectivity index (χ0v) is 18.2. The maximum atomic E-state index is 13.1. The van der Waals surface area contributed by atoms with Crippen molar-refractivity contribution in [2.75, 3.05) is 6.54 Å². The number of likely N-dealkylation sites (tertiary alicyclic amines) is 1. The van der Waals surface area contributed by atoms with Gasteiger partial charge < -0.3 is 16.0 Å². The SMILES string of the molecule is NC(c1ccc(Cl)cc1CNC(=O)C1CCCN1C(=O)Cc1cccc(Cl)c1)C(F)F. The van der Waals surface area contributed by atoms with E-state index in [4.69, 9.17) is 28.9 Å². The van der Waals surface area contributed by atoms with E-state index in [0.29, 0.717) is 35.0 Å². The second-order valence-corrected chi connectivity index (χ2v) is 8.35. The number of hydrogen-bond acceptors (Lipinski definition) is 3. The van der Waals surface area contributed by atoms with Crippen molar-refractivity contribution in [3.63, 3.8) is 0 Å². The molecule has 1 aliphatic rings. The lowest BCUT2D eigenvalue weighted by Gasteiger charge is -2.24. The first-order valence-corrected chi connectivity index (χ1v) is 10.7. The van der Waals surface area contributed by atoms with Gasteiger partial charge in [0.05, 0.1) is 12.5 Å². The highest BCUT2D eigenvalue weighted by molar-refractivity contribution is 6.30. The van der Waals surface area contributed by atoms with Crippen molar-refractivity contribution >= 4 is 35.0 Å². The minimum Gasteiger partial charge on any atom is -0.350 e. The second-order valence-electron chi connectivity index (χ2n) is 7.47. The van der Waals surface area contributed by atoms with Crippen molar-refractivity contribution in [2.45, 2.75) is 44.3 Å². The molecule has 1 fully saturated rings. The van der Waals surface area contributed by atoms with E-state index in [1.165, 1.54) is 18.2 Å². The highest BCUT2D eigenvalue weighted by atomic mass is 35.5. The molecule has 1 heterocycles. The molecule has 0 saturated carbocycles. The summed E-state index contributed by atoms with van der Waals surface area (Å²) in [5.74, 6) is -0.503. The van der Waals surface area contributed by atoms with Gasteiger partial charge in [0.1, 0.15) is 6.04 Å². The Hall–Kier alpha value is -2.22. The Kier molecular flexibility index (Phi) is 7.86. The minimum absolute atomic E-state index is 0.0119. The van der Waals surface area contributed by atoms with Gasteiger partial charge in [-0.25, -0.2) is 8.78 Å². The zero-order valence-electron chi connectivity index (χ0n) is 16.7. The molecule has 2 unspecified atom stereocenters. The average Bonchev–Trinajstić information content (AvgIpc) is 3.22. The highest BCUT2D eigenvalue weighted by Gasteiger charge is 2.34. The van der Waals surface area contributed by atoms with Crippen LogP contribution in [0.25, 0.3) is 0 Å². The monoisotopic (exact) mass is 469 g/mol. The number of nitrogens with one attached hydrogen (secondary N) is 1. The van der Waals surface area contributed by atoms with E-state index >= 15 is 0 Å². The molecule has 2 atom stereocenters. The third-order valence-electron chi connectivity index (χ3n) is 5.31. The molecule has 0 radical (unpaired) electrons. The summed E-state index contributed by atoms with van der Waals surface area (Å²) in [5.41, 5.74) is 7.01. The van der Waals surface area contributed by atoms with Gasteiger partial charge in [0.25, 0.3) is 6.43 Å². The van der Waals surface area contributed by atoms with Crippen LogP contribution in [0.3, 0.4) is 0 Å². The van der Waals surface area contributed by atoms with Gasteiger partial charge in [-0.05, 0) is 53.8 Å². The third-order valence-corrected chi connectivity index (χ3v) is 5.78. The van der Waals surface area contributed by atoms with E-state index in [-0.39, 0.29) is 30.3 Å². The standard InChI is InChI=1S/C22H23Cl2F2N3O2/c23-15-4-1-3-13(9-15)10-19(30)29-8-2-5-18(29)22(31)28-12-14-11-16(24)6-7-17(14)20(27)21(25)26/h1,3-4,6-7,9,11,18,20-21H,2,5,8,10,12,27H2,(H,28,31). The lowest BCUT2D eigenvalue weighted by Crippen LogP contribution is -2.46. The molecule has 1 aliphatic heterocycles. The number of carbonyl (C=O) groups excluding carboxylic acids is 2. The first-order valence-electron chi connectivity index (χ1n) is 9.90. The lowest BCUT2D eigenvalue weighted by molar-refractivity contribution is -0.138. The number of carbonyl (C=O) groups is 2. The van der Waals surface area contributed by atoms with Crippen LogP contribution in [-0.2, 0) is 22.6 Å². The highest BCUT2D eigenvalue weighted by Crippen LogP contribution is 2.25. The van der Waals surface area contributed by atoms with Crippen LogP contribution in [0.2, 0.25) is 10.0 Å². The molecule has 0 aliphatic carbocycles. The van der Waals surface area contributed by atoms with Crippen LogP contribution in [0.1, 0.15) is 35.6 Å². The lowest BCUT2D eigenvalue weighted by atomic mass is 10.0. The Bertz CT molecular complexity index is 958. The summed E-state index contributed by atoms with van der Waals surface area (Å²) >= 11 is 12.0. The van der Waals surface area contributed by atoms with Crippen molar-refractivity contribution in [3.8, 4) is 0 Å². The van der Waals surface area contributed by atoms with Gasteiger partial charge in [-0.3, -0.25) is 9.59 Å². The molecule has 0 bridgehead atoms. The van der Waals surface area contributed by atoms with E-state index < -0.39 is 18.5 Å². The predicted molar refractivity (Wildman–Crippen MR) is 116 cm³/mol. The quantitative estimate of drug-likeness (QED) is 0.640. The Balaban J connectivity index is 1.66. The number of amides is 2. The van der Waals surface area contributed by atoms with Crippen LogP contribution in [0, 0.1) is 0 Å². The van der Waals surface area contributed by atoms with E-state index in [9.17, 15) is 18.4 Å². The van der Waals surface area contributed by atoms with Crippen molar-refractivity contribution in [2.24, 2.45) is 5.73 Å². The first kappa shape index (κ1) is 23.4. The Morgan fingerprint density at radius 3 is 2.61 bits per heavy atom. The Labute approximate surface area is 189 Å². The second kappa shape index (κ2) is 10.4. The van der Waals surface area contributed by atoms with E-state index in [0.717, 1.165) is 5.56 Å². The van der Waals surface area contributed by atoms with E-state index in [2.05, 4.69) is 5.32 Å². The van der Waals surface area contributed by atoms with Gasteiger partial charge in [-0.2, -0.15) is 0 Å². The summed E-state index contributed by atoms with van der Waals surface area (Å²) < 4.78 is 26.2.